The van der Waals surface area contributed by atoms with Gasteiger partial charge >= 0.3 is 0 Å². The minimum absolute atomic E-state index is 0.252. The van der Waals surface area contributed by atoms with E-state index in [4.69, 9.17) is 11.6 Å². The van der Waals surface area contributed by atoms with Crippen LogP contribution in [0.4, 0.5) is 4.39 Å². The Bertz CT molecular complexity index is 347. The minimum Gasteiger partial charge on any atom is -0.211 e. The van der Waals surface area contributed by atoms with Crippen LogP contribution in [0, 0.1) is 5.82 Å². The number of isocyanates is 1. The highest BCUT2D eigenvalue weighted by atomic mass is 35.5. The van der Waals surface area contributed by atoms with Gasteiger partial charge in [0.05, 0.1) is 6.54 Å². The second kappa shape index (κ2) is 4.75. The fraction of sp³-hybridized carbons (Fsp3) is 0.222. The smallest absolute Gasteiger partial charge is 0.211 e. The molecule has 0 radical (unpaired) electrons. The standard InChI is InChI=1S/C9H7ClFNO/c10-8-2-1-7(9(11)5-8)3-4-12-6-13/h1-2,5H,3-4H2. The largest absolute Gasteiger partial charge is 0.234 e. The zero-order chi connectivity index (χ0) is 9.68. The van der Waals surface area contributed by atoms with E-state index in [0.717, 1.165) is 0 Å². The van der Waals surface area contributed by atoms with Gasteiger partial charge in [-0.25, -0.2) is 14.2 Å². The number of benzene rings is 1. The first-order valence-electron chi connectivity index (χ1n) is 3.71. The van der Waals surface area contributed by atoms with Crippen LogP contribution in [0.15, 0.2) is 23.2 Å². The van der Waals surface area contributed by atoms with Crippen molar-refractivity contribution >= 4 is 17.7 Å². The van der Waals surface area contributed by atoms with Crippen molar-refractivity contribution in [2.45, 2.75) is 6.42 Å². The third kappa shape index (κ3) is 2.98. The van der Waals surface area contributed by atoms with Crippen molar-refractivity contribution in [2.24, 2.45) is 4.99 Å². The van der Waals surface area contributed by atoms with Crippen LogP contribution in [0.5, 0.6) is 0 Å². The van der Waals surface area contributed by atoms with Gasteiger partial charge in [-0.3, -0.25) is 0 Å². The summed E-state index contributed by atoms with van der Waals surface area (Å²) in [4.78, 5) is 13.1. The lowest BCUT2D eigenvalue weighted by atomic mass is 10.1. The molecule has 0 fully saturated rings. The van der Waals surface area contributed by atoms with Crippen molar-refractivity contribution in [3.05, 3.63) is 34.6 Å². The Morgan fingerprint density at radius 1 is 1.54 bits per heavy atom. The highest BCUT2D eigenvalue weighted by Crippen LogP contribution is 2.14. The first-order valence-corrected chi connectivity index (χ1v) is 4.09. The second-order valence-electron chi connectivity index (χ2n) is 2.46. The molecule has 0 spiro atoms. The maximum Gasteiger partial charge on any atom is 0.234 e. The molecule has 0 saturated carbocycles. The van der Waals surface area contributed by atoms with E-state index in [-0.39, 0.29) is 12.4 Å². The van der Waals surface area contributed by atoms with Crippen LogP contribution in [0.1, 0.15) is 5.56 Å². The SMILES string of the molecule is O=C=NCCc1ccc(Cl)cc1F. The van der Waals surface area contributed by atoms with E-state index in [0.29, 0.717) is 17.0 Å². The van der Waals surface area contributed by atoms with Crippen LogP contribution in [-0.4, -0.2) is 12.6 Å². The zero-order valence-electron chi connectivity index (χ0n) is 6.76. The molecule has 0 aliphatic rings. The molecule has 4 heteroatoms. The van der Waals surface area contributed by atoms with Crippen LogP contribution in [0.3, 0.4) is 0 Å². The van der Waals surface area contributed by atoms with Crippen LogP contribution >= 0.6 is 11.6 Å². The lowest BCUT2D eigenvalue weighted by molar-refractivity contribution is 0.562. The normalized spacial score (nSPS) is 9.38. The van der Waals surface area contributed by atoms with Crippen molar-refractivity contribution in [2.75, 3.05) is 6.54 Å². The molecule has 0 atom stereocenters. The molecule has 1 rings (SSSR count). The van der Waals surface area contributed by atoms with Gasteiger partial charge in [0.15, 0.2) is 0 Å². The molecule has 1 aromatic rings. The predicted molar refractivity (Wildman–Crippen MR) is 48.1 cm³/mol. The molecule has 0 bridgehead atoms. The third-order valence-electron chi connectivity index (χ3n) is 1.57. The monoisotopic (exact) mass is 199 g/mol. The number of hydrogen-bond acceptors (Lipinski definition) is 2. The number of carbonyl (C=O) groups excluding carboxylic acids is 1. The van der Waals surface area contributed by atoms with E-state index in [2.05, 4.69) is 4.99 Å². The van der Waals surface area contributed by atoms with E-state index in [1.165, 1.54) is 12.1 Å². The number of aliphatic imine (C=N–C) groups is 1. The Kier molecular flexibility index (Phi) is 3.62. The summed E-state index contributed by atoms with van der Waals surface area (Å²) < 4.78 is 13.1. The summed E-state index contributed by atoms with van der Waals surface area (Å²) in [6.45, 7) is 0.252. The molecule has 0 heterocycles. The molecule has 13 heavy (non-hydrogen) atoms. The molecule has 0 unspecified atom stereocenters. The van der Waals surface area contributed by atoms with Gasteiger partial charge in [-0.05, 0) is 24.1 Å². The van der Waals surface area contributed by atoms with Gasteiger partial charge in [0, 0.05) is 5.02 Å². The average Bonchev–Trinajstić information content (AvgIpc) is 2.09. The second-order valence-corrected chi connectivity index (χ2v) is 2.90. The van der Waals surface area contributed by atoms with E-state index < -0.39 is 0 Å². The van der Waals surface area contributed by atoms with Crippen molar-refractivity contribution in [3.8, 4) is 0 Å². The first-order chi connectivity index (χ1) is 6.24. The van der Waals surface area contributed by atoms with E-state index in [9.17, 15) is 9.18 Å². The summed E-state index contributed by atoms with van der Waals surface area (Å²) >= 11 is 5.55. The maximum atomic E-state index is 13.1. The summed E-state index contributed by atoms with van der Waals surface area (Å²) in [5.41, 5.74) is 0.503. The molecule has 0 aliphatic carbocycles. The van der Waals surface area contributed by atoms with Crippen molar-refractivity contribution in [1.82, 2.24) is 0 Å². The Hall–Kier alpha value is -1.18. The molecule has 0 aliphatic heterocycles. The molecule has 0 amide bonds. The summed E-state index contributed by atoms with van der Waals surface area (Å²) in [6, 6.07) is 4.42. The van der Waals surface area contributed by atoms with Crippen molar-refractivity contribution < 1.29 is 9.18 Å². The van der Waals surface area contributed by atoms with Crippen molar-refractivity contribution in [3.63, 3.8) is 0 Å². The van der Waals surface area contributed by atoms with Gasteiger partial charge in [-0.2, -0.15) is 0 Å². The topological polar surface area (TPSA) is 29.4 Å². The number of nitrogens with zero attached hydrogens (tertiary/aromatic N) is 1. The fourth-order valence-corrected chi connectivity index (χ4v) is 1.11. The van der Waals surface area contributed by atoms with Gasteiger partial charge in [0.1, 0.15) is 5.82 Å². The maximum absolute atomic E-state index is 13.1. The van der Waals surface area contributed by atoms with Gasteiger partial charge in [-0.15, -0.1) is 0 Å². The van der Waals surface area contributed by atoms with Gasteiger partial charge < -0.3 is 0 Å². The third-order valence-corrected chi connectivity index (χ3v) is 1.81. The summed E-state index contributed by atoms with van der Waals surface area (Å²) in [5.74, 6) is -0.367. The van der Waals surface area contributed by atoms with Gasteiger partial charge in [-0.1, -0.05) is 17.7 Å². The molecule has 0 N–H and O–H groups in total. The number of rotatable bonds is 3. The van der Waals surface area contributed by atoms with Crippen LogP contribution in [-0.2, 0) is 11.2 Å². The zero-order valence-corrected chi connectivity index (χ0v) is 7.51. The molecular formula is C9H7ClFNO. The van der Waals surface area contributed by atoms with Crippen LogP contribution < -0.4 is 0 Å². The molecular weight excluding hydrogens is 193 g/mol. The lowest BCUT2D eigenvalue weighted by Crippen LogP contribution is -1.93. The van der Waals surface area contributed by atoms with Crippen LogP contribution in [0.2, 0.25) is 5.02 Å². The Morgan fingerprint density at radius 2 is 2.31 bits per heavy atom. The minimum atomic E-state index is -0.367. The molecule has 68 valence electrons. The fourth-order valence-electron chi connectivity index (χ4n) is 0.946. The molecule has 1 aromatic carbocycles. The van der Waals surface area contributed by atoms with Gasteiger partial charge in [0.25, 0.3) is 0 Å². The Labute approximate surface area is 80.1 Å². The quantitative estimate of drug-likeness (QED) is 0.543. The summed E-state index contributed by atoms with van der Waals surface area (Å²) in [5, 5.41) is 0.361. The van der Waals surface area contributed by atoms with Crippen LogP contribution in [0.25, 0.3) is 0 Å². The Morgan fingerprint density at radius 3 is 2.92 bits per heavy atom. The highest BCUT2D eigenvalue weighted by molar-refractivity contribution is 6.30. The average molecular weight is 200 g/mol. The molecule has 2 nitrogen and oxygen atoms in total. The summed E-state index contributed by atoms with van der Waals surface area (Å²) in [6.07, 6.45) is 1.78. The van der Waals surface area contributed by atoms with Gasteiger partial charge in [0.2, 0.25) is 6.08 Å². The summed E-state index contributed by atoms with van der Waals surface area (Å²) in [7, 11) is 0. The number of halogens is 2. The van der Waals surface area contributed by atoms with E-state index >= 15 is 0 Å². The number of hydrogen-bond donors (Lipinski definition) is 0. The lowest BCUT2D eigenvalue weighted by Gasteiger charge is -1.99. The molecule has 0 aromatic heterocycles. The molecule has 0 saturated heterocycles. The highest BCUT2D eigenvalue weighted by Gasteiger charge is 2.01. The predicted octanol–water partition coefficient (Wildman–Crippen LogP) is 2.36. The van der Waals surface area contributed by atoms with Crippen molar-refractivity contribution in [1.29, 1.82) is 0 Å². The first kappa shape index (κ1) is 9.90. The van der Waals surface area contributed by atoms with E-state index in [1.807, 2.05) is 0 Å². The Balaban J connectivity index is 2.71. The van der Waals surface area contributed by atoms with E-state index in [1.54, 1.807) is 12.1 Å².